The van der Waals surface area contributed by atoms with Crippen LogP contribution in [0.25, 0.3) is 5.57 Å². The molecule has 0 spiro atoms. The molecule has 1 aromatic carbocycles. The number of carbonyl (C=O) groups excluding carboxylic acids is 1. The average molecular weight is 498 g/mol. The second-order valence-electron chi connectivity index (χ2n) is 10.5. The van der Waals surface area contributed by atoms with Gasteiger partial charge >= 0.3 is 5.97 Å². The van der Waals surface area contributed by atoms with Gasteiger partial charge in [-0.3, -0.25) is 4.90 Å². The summed E-state index contributed by atoms with van der Waals surface area (Å²) in [6.45, 7) is 7.08. The Balaban J connectivity index is 1.59. The van der Waals surface area contributed by atoms with Crippen molar-refractivity contribution in [3.05, 3.63) is 47.5 Å². The molecule has 3 N–H and O–H groups in total. The highest BCUT2D eigenvalue weighted by Crippen LogP contribution is 2.50. The highest BCUT2D eigenvalue weighted by molar-refractivity contribution is 5.95. The third-order valence-corrected chi connectivity index (χ3v) is 7.21. The Morgan fingerprint density at radius 1 is 1.28 bits per heavy atom. The van der Waals surface area contributed by atoms with Crippen LogP contribution in [0.2, 0.25) is 0 Å². The molecule has 2 atom stereocenters. The van der Waals surface area contributed by atoms with E-state index in [1.807, 2.05) is 12.3 Å². The quantitative estimate of drug-likeness (QED) is 0.499. The highest BCUT2D eigenvalue weighted by atomic mass is 16.6. The normalized spacial score (nSPS) is 24.3. The molecule has 8 heteroatoms. The van der Waals surface area contributed by atoms with Crippen LogP contribution in [0.1, 0.15) is 64.0 Å². The standard InChI is InChI=1S/C28H36N2O6/c1-4-33-27(31)23-14-18(10-12-30-13-11-29-17-30)25-22(35-23)16-21-20(15-24(36-21)28(2,3)32)26(25)34-19-8-6-5-7-9-19/h10-11,13-14,16,19,24,29,32H,4-9,12,15,17H2,1-3H3/p+1. The van der Waals surface area contributed by atoms with Gasteiger partial charge in [-0.15, -0.1) is 0 Å². The fourth-order valence-electron chi connectivity index (χ4n) is 5.19. The number of nitrogens with one attached hydrogen (secondary N) is 2. The Hall–Kier alpha value is -2.97. The zero-order valence-electron chi connectivity index (χ0n) is 21.4. The van der Waals surface area contributed by atoms with Crippen LogP contribution >= 0.6 is 0 Å². The first-order chi connectivity index (χ1) is 17.3. The SMILES string of the molecule is CCOC(=O)C1=CC(=CC[NH+]2C=CNC2)c2c(cc3c(c2OC2CCCCC2)CC(C(C)(C)O)O3)O1. The van der Waals surface area contributed by atoms with Gasteiger partial charge in [-0.25, -0.2) is 4.79 Å². The molecule has 0 saturated heterocycles. The molecule has 8 nitrogen and oxygen atoms in total. The minimum absolute atomic E-state index is 0.114. The fourth-order valence-corrected chi connectivity index (χ4v) is 5.19. The summed E-state index contributed by atoms with van der Waals surface area (Å²) in [5.41, 5.74) is 1.63. The predicted molar refractivity (Wildman–Crippen MR) is 135 cm³/mol. The molecule has 5 rings (SSSR count). The topological polar surface area (TPSA) is 90.7 Å². The van der Waals surface area contributed by atoms with Crippen molar-refractivity contribution in [2.45, 2.75) is 77.1 Å². The third kappa shape index (κ3) is 5.11. The molecule has 194 valence electrons. The fraction of sp³-hybridized carbons (Fsp3) is 0.536. The summed E-state index contributed by atoms with van der Waals surface area (Å²) in [5, 5.41) is 13.9. The van der Waals surface area contributed by atoms with Crippen LogP contribution in [0.15, 0.2) is 36.4 Å². The number of rotatable bonds is 7. The first-order valence-corrected chi connectivity index (χ1v) is 13.1. The number of hydrogen-bond acceptors (Lipinski definition) is 7. The van der Waals surface area contributed by atoms with E-state index in [9.17, 15) is 9.90 Å². The monoisotopic (exact) mass is 497 g/mol. The van der Waals surface area contributed by atoms with E-state index in [0.29, 0.717) is 17.9 Å². The van der Waals surface area contributed by atoms with Crippen LogP contribution in [0, 0.1) is 0 Å². The van der Waals surface area contributed by atoms with Gasteiger partial charge in [0.25, 0.3) is 0 Å². The number of fused-ring (bicyclic) bond motifs is 2. The Bertz CT molecular complexity index is 1090. The van der Waals surface area contributed by atoms with Gasteiger partial charge in [-0.05, 0) is 64.2 Å². The van der Waals surface area contributed by atoms with Gasteiger partial charge in [0, 0.05) is 18.1 Å². The van der Waals surface area contributed by atoms with E-state index in [-0.39, 0.29) is 18.5 Å². The van der Waals surface area contributed by atoms with E-state index in [0.717, 1.165) is 61.3 Å². The number of esters is 1. The van der Waals surface area contributed by atoms with Gasteiger partial charge in [0.15, 0.2) is 6.67 Å². The Labute approximate surface area is 212 Å². The summed E-state index contributed by atoms with van der Waals surface area (Å²) in [7, 11) is 0. The molecule has 0 amide bonds. The third-order valence-electron chi connectivity index (χ3n) is 7.21. The molecule has 36 heavy (non-hydrogen) atoms. The minimum Gasteiger partial charge on any atom is -0.489 e. The molecule has 1 aromatic rings. The number of carbonyl (C=O) groups is 1. The number of quaternary nitrogens is 1. The van der Waals surface area contributed by atoms with Crippen LogP contribution in [-0.2, 0) is 16.0 Å². The first kappa shape index (κ1) is 24.7. The van der Waals surface area contributed by atoms with Crippen molar-refractivity contribution in [1.82, 2.24) is 5.32 Å². The van der Waals surface area contributed by atoms with Crippen LogP contribution < -0.4 is 24.4 Å². The molecule has 0 bridgehead atoms. The lowest BCUT2D eigenvalue weighted by Crippen LogP contribution is -3.07. The number of benzene rings is 1. The second kappa shape index (κ2) is 10.2. The summed E-state index contributed by atoms with van der Waals surface area (Å²) in [6, 6.07) is 1.83. The van der Waals surface area contributed by atoms with Crippen LogP contribution in [0.4, 0.5) is 0 Å². The van der Waals surface area contributed by atoms with E-state index in [1.165, 1.54) is 11.3 Å². The Morgan fingerprint density at radius 3 is 2.78 bits per heavy atom. The first-order valence-electron chi connectivity index (χ1n) is 13.1. The summed E-state index contributed by atoms with van der Waals surface area (Å²) in [5.74, 6) is 1.53. The molecule has 1 saturated carbocycles. The van der Waals surface area contributed by atoms with E-state index in [4.69, 9.17) is 18.9 Å². The van der Waals surface area contributed by atoms with Crippen LogP contribution in [0.5, 0.6) is 17.2 Å². The lowest BCUT2D eigenvalue weighted by molar-refractivity contribution is -0.836. The highest BCUT2D eigenvalue weighted by Gasteiger charge is 2.40. The van der Waals surface area contributed by atoms with Gasteiger partial charge in [-0.2, -0.15) is 0 Å². The summed E-state index contributed by atoms with van der Waals surface area (Å²) in [4.78, 5) is 13.9. The maximum atomic E-state index is 12.7. The zero-order chi connectivity index (χ0) is 25.3. The summed E-state index contributed by atoms with van der Waals surface area (Å²) < 4.78 is 24.3. The number of allylic oxidation sites excluding steroid dienone is 2. The van der Waals surface area contributed by atoms with Crippen molar-refractivity contribution in [1.29, 1.82) is 0 Å². The lowest BCUT2D eigenvalue weighted by atomic mass is 9.92. The molecular formula is C28H37N2O6+. The molecular weight excluding hydrogens is 460 g/mol. The van der Waals surface area contributed by atoms with Crippen molar-refractivity contribution >= 4 is 11.5 Å². The molecule has 0 radical (unpaired) electrons. The van der Waals surface area contributed by atoms with Crippen molar-refractivity contribution in [2.75, 3.05) is 19.8 Å². The summed E-state index contributed by atoms with van der Waals surface area (Å²) >= 11 is 0. The van der Waals surface area contributed by atoms with Crippen LogP contribution in [-0.4, -0.2) is 48.7 Å². The van der Waals surface area contributed by atoms with E-state index in [1.54, 1.807) is 26.8 Å². The second-order valence-corrected chi connectivity index (χ2v) is 10.5. The Kier molecular flexibility index (Phi) is 6.99. The van der Waals surface area contributed by atoms with E-state index < -0.39 is 17.7 Å². The van der Waals surface area contributed by atoms with Crippen LogP contribution in [0.3, 0.4) is 0 Å². The summed E-state index contributed by atoms with van der Waals surface area (Å²) in [6.07, 6.45) is 13.7. The molecule has 4 aliphatic rings. The van der Waals surface area contributed by atoms with Gasteiger partial charge in [-0.1, -0.05) is 6.42 Å². The number of aliphatic hydroxyl groups is 1. The average Bonchev–Trinajstić information content (AvgIpc) is 3.53. The molecule has 2 unspecified atom stereocenters. The van der Waals surface area contributed by atoms with Crippen molar-refractivity contribution in [3.63, 3.8) is 0 Å². The molecule has 1 fully saturated rings. The van der Waals surface area contributed by atoms with Gasteiger partial charge < -0.3 is 29.4 Å². The predicted octanol–water partition coefficient (Wildman–Crippen LogP) is 2.61. The van der Waals surface area contributed by atoms with Crippen molar-refractivity contribution in [2.24, 2.45) is 0 Å². The molecule has 1 aliphatic carbocycles. The zero-order valence-corrected chi connectivity index (χ0v) is 21.4. The lowest BCUT2D eigenvalue weighted by Gasteiger charge is -2.28. The number of hydrogen-bond donors (Lipinski definition) is 3. The minimum atomic E-state index is -1.02. The Morgan fingerprint density at radius 2 is 2.08 bits per heavy atom. The maximum absolute atomic E-state index is 12.7. The van der Waals surface area contributed by atoms with Gasteiger partial charge in [0.05, 0.1) is 30.1 Å². The van der Waals surface area contributed by atoms with Crippen molar-refractivity contribution in [3.8, 4) is 17.2 Å². The smallest absolute Gasteiger partial charge is 0.374 e. The molecule has 0 aromatic heterocycles. The molecule has 3 heterocycles. The maximum Gasteiger partial charge on any atom is 0.374 e. The van der Waals surface area contributed by atoms with Gasteiger partial charge in [0.2, 0.25) is 5.76 Å². The van der Waals surface area contributed by atoms with Gasteiger partial charge in [0.1, 0.15) is 36.1 Å². The van der Waals surface area contributed by atoms with Crippen molar-refractivity contribution < 1.29 is 33.7 Å². The largest absolute Gasteiger partial charge is 0.489 e. The molecule has 3 aliphatic heterocycles. The van der Waals surface area contributed by atoms with E-state index >= 15 is 0 Å². The van der Waals surface area contributed by atoms with E-state index in [2.05, 4.69) is 17.6 Å². The number of ether oxygens (including phenoxy) is 4.